The first-order valence-electron chi connectivity index (χ1n) is 33.1. The molecule has 19 rings (SSSR count). The fourth-order valence-corrected chi connectivity index (χ4v) is 16.0. The van der Waals surface area contributed by atoms with Crippen molar-refractivity contribution in [1.29, 1.82) is 0 Å². The minimum Gasteiger partial charge on any atom is -0.204 e. The highest BCUT2D eigenvalue weighted by Crippen LogP contribution is 2.65. The lowest BCUT2D eigenvalue weighted by molar-refractivity contribution is 0.511. The molecule has 0 nitrogen and oxygen atoms in total. The quantitative estimate of drug-likeness (QED) is 0.0946. The Morgan fingerprint density at radius 1 is 0.143 bits per heavy atom. The molecule has 0 spiro atoms. The Bertz CT molecular complexity index is 6050. The molecular weight excluding hydrogens is 1210 g/mol. The van der Waals surface area contributed by atoms with Crippen LogP contribution in [0.25, 0.3) is 199 Å². The Morgan fingerprint density at radius 3 is 0.653 bits per heavy atom. The average Bonchev–Trinajstić information content (AvgIpc) is 1.50. The van der Waals surface area contributed by atoms with Crippen LogP contribution in [0.2, 0.25) is 0 Å². The Balaban J connectivity index is 0.981. The fraction of sp³-hybridized carbons (Fsp3) is 0. The van der Waals surface area contributed by atoms with Gasteiger partial charge in [0.1, 0.15) is 0 Å². The van der Waals surface area contributed by atoms with E-state index in [1.807, 2.05) is 72.8 Å². The van der Waals surface area contributed by atoms with Crippen molar-refractivity contribution in [3.05, 3.63) is 351 Å². The van der Waals surface area contributed by atoms with Crippen molar-refractivity contribution in [3.63, 3.8) is 0 Å². The summed E-state index contributed by atoms with van der Waals surface area (Å²) in [6, 6.07) is 112. The van der Waals surface area contributed by atoms with Gasteiger partial charge in [-0.05, 0) is 284 Å². The molecule has 0 aromatic heterocycles. The zero-order valence-corrected chi connectivity index (χ0v) is 52.7. The van der Waals surface area contributed by atoms with E-state index in [0.717, 1.165) is 177 Å². The fourth-order valence-electron chi connectivity index (χ4n) is 16.0. The molecule has 17 aromatic rings. The minimum absolute atomic E-state index is 0.568. The summed E-state index contributed by atoms with van der Waals surface area (Å²) >= 11 is 0. The molecule has 2 aliphatic carbocycles. The minimum atomic E-state index is -0.940. The molecule has 0 atom stereocenters. The van der Waals surface area contributed by atoms with Crippen LogP contribution in [0.3, 0.4) is 0 Å². The Hall–Kier alpha value is -12.5. The maximum atomic E-state index is 16.9. The molecule has 0 heterocycles. The van der Waals surface area contributed by atoms with E-state index in [9.17, 15) is 0 Å². The topological polar surface area (TPSA) is 0 Å². The molecule has 0 radical (unpaired) electrons. The molecule has 0 amide bonds. The Labute approximate surface area is 563 Å². The Morgan fingerprint density at radius 2 is 0.357 bits per heavy atom. The molecule has 0 saturated carbocycles. The van der Waals surface area contributed by atoms with Gasteiger partial charge < -0.3 is 0 Å². The summed E-state index contributed by atoms with van der Waals surface area (Å²) in [6.45, 7) is 0. The van der Waals surface area contributed by atoms with Crippen molar-refractivity contribution in [2.24, 2.45) is 0 Å². The molecule has 4 heteroatoms. The smallest absolute Gasteiger partial charge is 0.159 e. The number of rotatable bonds is 10. The first-order valence-corrected chi connectivity index (χ1v) is 33.1. The zero-order chi connectivity index (χ0) is 65.3. The highest BCUT2D eigenvalue weighted by molar-refractivity contribution is 6.36. The van der Waals surface area contributed by atoms with Gasteiger partial charge in [-0.25, -0.2) is 17.6 Å². The van der Waals surface area contributed by atoms with Crippen LogP contribution in [0.15, 0.2) is 328 Å². The molecular formula is C94H54F4. The molecule has 0 fully saturated rings. The van der Waals surface area contributed by atoms with Gasteiger partial charge in [0, 0.05) is 0 Å². The van der Waals surface area contributed by atoms with Crippen molar-refractivity contribution < 1.29 is 17.6 Å². The number of fused-ring (bicyclic) bond motifs is 9. The lowest BCUT2D eigenvalue weighted by Crippen LogP contribution is -1.97. The van der Waals surface area contributed by atoms with Gasteiger partial charge in [0.15, 0.2) is 23.3 Å². The predicted molar refractivity (Wildman–Crippen MR) is 400 cm³/mol. The van der Waals surface area contributed by atoms with Gasteiger partial charge in [0.25, 0.3) is 0 Å². The summed E-state index contributed by atoms with van der Waals surface area (Å²) in [5.74, 6) is -3.72. The van der Waals surface area contributed by atoms with E-state index in [1.54, 1.807) is 0 Å². The molecule has 0 aliphatic heterocycles. The van der Waals surface area contributed by atoms with Crippen LogP contribution in [-0.4, -0.2) is 0 Å². The van der Waals surface area contributed by atoms with Gasteiger partial charge in [0.2, 0.25) is 0 Å². The van der Waals surface area contributed by atoms with Gasteiger partial charge in [-0.2, -0.15) is 0 Å². The lowest BCUT2D eigenvalue weighted by Gasteiger charge is -2.23. The molecule has 2 aliphatic rings. The van der Waals surface area contributed by atoms with E-state index in [-0.39, 0.29) is 0 Å². The highest BCUT2D eigenvalue weighted by Gasteiger charge is 2.38. The first-order chi connectivity index (χ1) is 48.2. The SMILES string of the molecule is Fc1cc2cc3c(-c4cccc(-c5ccccc5)c4)c4c(c(-c5cc(-c6ccccc6)cc(-c6ccccc6)c5)c3cc2cc1F)-c1ccc2c3c(ccc-4c13)-c1c-2c(-c2cccc(-c3ccccc3)c2)c2cc(F)c(F)cc2c1-c1cc(-c2ccccc2)cc(-c2ccccc2)c1. The zero-order valence-electron chi connectivity index (χ0n) is 52.7. The van der Waals surface area contributed by atoms with Crippen LogP contribution < -0.4 is 0 Å². The van der Waals surface area contributed by atoms with E-state index < -0.39 is 23.3 Å². The predicted octanol–water partition coefficient (Wildman–Crippen LogP) is 26.8. The first kappa shape index (κ1) is 57.0. The van der Waals surface area contributed by atoms with E-state index >= 15 is 17.6 Å². The largest absolute Gasteiger partial charge is 0.204 e. The molecule has 0 saturated heterocycles. The number of halogens is 4. The third-order valence-corrected chi connectivity index (χ3v) is 20.3. The second-order valence-corrected chi connectivity index (χ2v) is 25.9. The van der Waals surface area contributed by atoms with Gasteiger partial charge in [-0.15, -0.1) is 0 Å². The van der Waals surface area contributed by atoms with Crippen LogP contribution in [0, 0.1) is 23.3 Å². The van der Waals surface area contributed by atoms with Crippen molar-refractivity contribution >= 4 is 43.1 Å². The van der Waals surface area contributed by atoms with Crippen LogP contribution in [0.5, 0.6) is 0 Å². The van der Waals surface area contributed by atoms with E-state index in [0.29, 0.717) is 21.5 Å². The molecule has 17 aromatic carbocycles. The molecule has 0 unspecified atom stereocenters. The van der Waals surface area contributed by atoms with Crippen LogP contribution in [-0.2, 0) is 0 Å². The second kappa shape index (κ2) is 22.6. The Kier molecular flexibility index (Phi) is 13.1. The maximum absolute atomic E-state index is 16.9. The summed E-state index contributed by atoms with van der Waals surface area (Å²) < 4.78 is 65.6. The number of benzene rings is 17. The van der Waals surface area contributed by atoms with E-state index in [4.69, 9.17) is 0 Å². The average molecular weight is 1260 g/mol. The van der Waals surface area contributed by atoms with E-state index in [2.05, 4.69) is 231 Å². The van der Waals surface area contributed by atoms with Crippen molar-refractivity contribution in [2.45, 2.75) is 0 Å². The summed E-state index contributed by atoms with van der Waals surface area (Å²) in [5, 5.41) is 6.11. The van der Waals surface area contributed by atoms with Gasteiger partial charge in [-0.3, -0.25) is 0 Å². The standard InChI is InChI=1S/C94H54F4/c95-81-51-69-49-77-78(50-70(69)52-82(81)96)87(71-45-65(57-25-11-3-12-26-57)43-66(46-71)58-27-13-4-14-28-58)93-75-39-38-74-90-76(40-37-73(89(75)90)91(93)85(77)63-35-19-33-61(41-63)55-21-7-1-8-22-55)94-88(72-47-67(59-29-15-5-16-30-59)44-68(48-72)60-31-17-6-18-32-60)80-54-84(98)83(97)53-79(80)86(92(74)94)64-36-20-34-62(42-64)56-23-9-2-10-24-56/h1-54H. The summed E-state index contributed by atoms with van der Waals surface area (Å²) in [4.78, 5) is 0. The van der Waals surface area contributed by atoms with Crippen LogP contribution in [0.4, 0.5) is 17.6 Å². The molecule has 98 heavy (non-hydrogen) atoms. The second-order valence-electron chi connectivity index (χ2n) is 25.9. The van der Waals surface area contributed by atoms with Crippen molar-refractivity contribution in [3.8, 4) is 156 Å². The monoisotopic (exact) mass is 1260 g/mol. The van der Waals surface area contributed by atoms with Crippen LogP contribution in [0.1, 0.15) is 0 Å². The maximum Gasteiger partial charge on any atom is 0.159 e. The van der Waals surface area contributed by atoms with Crippen molar-refractivity contribution in [2.75, 3.05) is 0 Å². The summed E-state index contributed by atoms with van der Waals surface area (Å²) in [5.41, 5.74) is 27.1. The number of hydrogen-bond donors (Lipinski definition) is 0. The summed E-state index contributed by atoms with van der Waals surface area (Å²) in [7, 11) is 0. The number of hydrogen-bond acceptors (Lipinski definition) is 0. The third kappa shape index (κ3) is 9.13. The third-order valence-electron chi connectivity index (χ3n) is 20.3. The van der Waals surface area contributed by atoms with Gasteiger partial charge >= 0.3 is 0 Å². The highest BCUT2D eigenvalue weighted by atomic mass is 19.2. The van der Waals surface area contributed by atoms with Crippen molar-refractivity contribution in [1.82, 2.24) is 0 Å². The van der Waals surface area contributed by atoms with Crippen LogP contribution >= 0.6 is 0 Å². The molecule has 0 bridgehead atoms. The lowest BCUT2D eigenvalue weighted by atomic mass is 9.80. The van der Waals surface area contributed by atoms with Gasteiger partial charge in [0.05, 0.1) is 0 Å². The summed E-state index contributed by atoms with van der Waals surface area (Å²) in [6.07, 6.45) is 0. The molecule has 0 N–H and O–H groups in total. The van der Waals surface area contributed by atoms with E-state index in [1.165, 1.54) is 24.3 Å². The molecule has 458 valence electrons. The van der Waals surface area contributed by atoms with Gasteiger partial charge in [-0.1, -0.05) is 243 Å². The normalized spacial score (nSPS) is 11.9.